The summed E-state index contributed by atoms with van der Waals surface area (Å²) in [6.45, 7) is 5.80. The lowest BCUT2D eigenvalue weighted by Gasteiger charge is -2.32. The van der Waals surface area contributed by atoms with Gasteiger partial charge in [-0.25, -0.2) is 4.98 Å². The molecule has 6 amide bonds. The highest BCUT2D eigenvalue weighted by molar-refractivity contribution is 6.24. The molecule has 322 valence electrons. The standard InChI is InChI=1S/C47H46N8O8/c1-27(56)52-17-18-54-39(25-52)42(51-43(54)28-14-19-62-20-15-28)33-8-2-5-29-21-37(49-23-35(29)33)30-10-11-36(48-22-30)46(60)53-16-4-7-32(24-53)63-26-31-6-3-9-34-41(31)47(61)55(45(34)59)38-12-13-40(57)50-44(38)58/h2-3,5-6,8-11,21-23,28,32,38H,4,7,12-20,24-26H2,1H3,(H,50,57,58)/t32-,38?/m1/s1. The molecule has 3 saturated heterocycles. The van der Waals surface area contributed by atoms with Crippen LogP contribution in [0.4, 0.5) is 0 Å². The van der Waals surface area contributed by atoms with Crippen molar-refractivity contribution in [2.45, 2.75) is 83.2 Å². The number of benzene rings is 2. The third-order valence-electron chi connectivity index (χ3n) is 13.1. The lowest BCUT2D eigenvalue weighted by molar-refractivity contribution is -0.136. The van der Waals surface area contributed by atoms with Crippen molar-refractivity contribution in [2.24, 2.45) is 0 Å². The maximum atomic E-state index is 13.8. The lowest BCUT2D eigenvalue weighted by atomic mass is 9.99. The monoisotopic (exact) mass is 850 g/mol. The number of pyridine rings is 2. The Morgan fingerprint density at radius 3 is 2.49 bits per heavy atom. The smallest absolute Gasteiger partial charge is 0.272 e. The Bertz CT molecular complexity index is 2710. The van der Waals surface area contributed by atoms with E-state index in [0.29, 0.717) is 81.6 Å². The van der Waals surface area contributed by atoms with Crippen molar-refractivity contribution in [1.29, 1.82) is 0 Å². The molecule has 0 aliphatic carbocycles. The summed E-state index contributed by atoms with van der Waals surface area (Å²) in [5, 5.41) is 4.15. The number of carbonyl (C=O) groups is 6. The fourth-order valence-corrected chi connectivity index (χ4v) is 9.69. The molecular formula is C47H46N8O8. The van der Waals surface area contributed by atoms with E-state index in [0.717, 1.165) is 56.9 Å². The number of nitrogens with zero attached hydrogens (tertiary/aromatic N) is 7. The molecule has 5 aliphatic rings. The van der Waals surface area contributed by atoms with Crippen LogP contribution in [0.25, 0.3) is 33.3 Å². The molecule has 0 spiro atoms. The molecule has 3 aromatic heterocycles. The van der Waals surface area contributed by atoms with Gasteiger partial charge in [0.15, 0.2) is 0 Å². The van der Waals surface area contributed by atoms with Gasteiger partial charge in [0.2, 0.25) is 17.7 Å². The Morgan fingerprint density at radius 1 is 0.873 bits per heavy atom. The Balaban J connectivity index is 0.823. The number of fused-ring (bicyclic) bond motifs is 3. The predicted molar refractivity (Wildman–Crippen MR) is 227 cm³/mol. The molecule has 16 heteroatoms. The summed E-state index contributed by atoms with van der Waals surface area (Å²) in [6.07, 6.45) is 6.56. The molecule has 8 heterocycles. The number of ether oxygens (including phenoxy) is 2. The van der Waals surface area contributed by atoms with Crippen LogP contribution in [0.3, 0.4) is 0 Å². The highest BCUT2D eigenvalue weighted by Crippen LogP contribution is 2.38. The summed E-state index contributed by atoms with van der Waals surface area (Å²) in [5.74, 6) is -1.07. The molecule has 1 unspecified atom stereocenters. The zero-order valence-corrected chi connectivity index (χ0v) is 34.9. The number of rotatable bonds is 8. The Morgan fingerprint density at radius 2 is 1.70 bits per heavy atom. The van der Waals surface area contributed by atoms with Gasteiger partial charge >= 0.3 is 0 Å². The molecule has 1 N–H and O–H groups in total. The quantitative estimate of drug-likeness (QED) is 0.215. The first kappa shape index (κ1) is 40.4. The zero-order chi connectivity index (χ0) is 43.4. The number of hydrogen-bond acceptors (Lipinski definition) is 11. The minimum Gasteiger partial charge on any atom is -0.381 e. The van der Waals surface area contributed by atoms with Crippen LogP contribution in [0.1, 0.15) is 99.7 Å². The van der Waals surface area contributed by atoms with Crippen molar-refractivity contribution >= 4 is 46.2 Å². The summed E-state index contributed by atoms with van der Waals surface area (Å²) in [5.41, 5.74) is 5.56. The van der Waals surface area contributed by atoms with E-state index in [1.807, 2.05) is 35.4 Å². The number of carbonyl (C=O) groups excluding carboxylic acids is 6. The van der Waals surface area contributed by atoms with Crippen LogP contribution >= 0.6 is 0 Å². The molecule has 0 saturated carbocycles. The van der Waals surface area contributed by atoms with Gasteiger partial charge in [0.1, 0.15) is 17.6 Å². The van der Waals surface area contributed by atoms with Crippen molar-refractivity contribution in [3.63, 3.8) is 0 Å². The van der Waals surface area contributed by atoms with Crippen LogP contribution in [0.5, 0.6) is 0 Å². The topological polar surface area (TPSA) is 186 Å². The SMILES string of the molecule is CC(=O)N1CCn2c(C3CCOCC3)nc(-c3cccc4cc(-c5ccc(C(=O)N6CCC[C@@H](OCc7cccc8c7C(=O)N(C7CCC(=O)NC7=O)C8=O)C6)nc5)ncc34)c2C1. The molecule has 5 aromatic rings. The molecule has 3 fully saturated rings. The van der Waals surface area contributed by atoms with Gasteiger partial charge < -0.3 is 23.8 Å². The fourth-order valence-electron chi connectivity index (χ4n) is 9.69. The second-order valence-electron chi connectivity index (χ2n) is 16.9. The summed E-state index contributed by atoms with van der Waals surface area (Å²) in [7, 11) is 0. The predicted octanol–water partition coefficient (Wildman–Crippen LogP) is 4.64. The number of hydrogen-bond donors (Lipinski definition) is 1. The zero-order valence-electron chi connectivity index (χ0n) is 34.9. The number of amides is 6. The van der Waals surface area contributed by atoms with Gasteiger partial charge in [0, 0.05) is 87.6 Å². The van der Waals surface area contributed by atoms with E-state index < -0.39 is 29.7 Å². The third kappa shape index (κ3) is 7.46. The fraction of sp³-hybridized carbons (Fsp3) is 0.383. The van der Waals surface area contributed by atoms with Crippen LogP contribution in [-0.4, -0.2) is 115 Å². The Labute approximate surface area is 362 Å². The third-order valence-corrected chi connectivity index (χ3v) is 13.1. The summed E-state index contributed by atoms with van der Waals surface area (Å²) in [4.78, 5) is 96.6. The molecule has 63 heavy (non-hydrogen) atoms. The number of imide groups is 2. The van der Waals surface area contributed by atoms with E-state index in [9.17, 15) is 28.8 Å². The van der Waals surface area contributed by atoms with E-state index in [2.05, 4.69) is 20.9 Å². The second kappa shape index (κ2) is 16.6. The number of aromatic nitrogens is 4. The minimum absolute atomic E-state index is 0.0332. The van der Waals surface area contributed by atoms with Crippen molar-refractivity contribution in [2.75, 3.05) is 32.8 Å². The van der Waals surface area contributed by atoms with Crippen LogP contribution < -0.4 is 5.32 Å². The van der Waals surface area contributed by atoms with Gasteiger partial charge in [-0.1, -0.05) is 30.3 Å². The van der Waals surface area contributed by atoms with Crippen LogP contribution in [-0.2, 0) is 43.6 Å². The first-order valence-electron chi connectivity index (χ1n) is 21.7. The van der Waals surface area contributed by atoms with Gasteiger partial charge in [0.05, 0.1) is 47.5 Å². The van der Waals surface area contributed by atoms with E-state index >= 15 is 0 Å². The highest BCUT2D eigenvalue weighted by atomic mass is 16.5. The maximum Gasteiger partial charge on any atom is 0.272 e. The highest BCUT2D eigenvalue weighted by Gasteiger charge is 2.45. The maximum absolute atomic E-state index is 13.8. The average molecular weight is 851 g/mol. The second-order valence-corrected chi connectivity index (χ2v) is 16.9. The number of piperidine rings is 2. The molecule has 10 rings (SSSR count). The number of nitrogens with one attached hydrogen (secondary N) is 1. The van der Waals surface area contributed by atoms with Crippen molar-refractivity contribution < 1.29 is 38.2 Å². The molecule has 5 aliphatic heterocycles. The summed E-state index contributed by atoms with van der Waals surface area (Å²) in [6, 6.07) is 15.6. The van der Waals surface area contributed by atoms with Gasteiger partial charge in [-0.15, -0.1) is 0 Å². The molecule has 0 bridgehead atoms. The largest absolute Gasteiger partial charge is 0.381 e. The van der Waals surface area contributed by atoms with Crippen LogP contribution in [0.15, 0.2) is 67.0 Å². The number of imidazole rings is 1. The van der Waals surface area contributed by atoms with Gasteiger partial charge in [-0.3, -0.25) is 49.0 Å². The lowest BCUT2D eigenvalue weighted by Crippen LogP contribution is -2.54. The minimum atomic E-state index is -1.06. The van der Waals surface area contributed by atoms with Crippen molar-refractivity contribution in [1.82, 2.24) is 39.5 Å². The molecule has 16 nitrogen and oxygen atoms in total. The van der Waals surface area contributed by atoms with Crippen molar-refractivity contribution in [3.05, 3.63) is 101 Å². The van der Waals surface area contributed by atoms with Crippen LogP contribution in [0, 0.1) is 0 Å². The Kier molecular flexibility index (Phi) is 10.6. The average Bonchev–Trinajstić information content (AvgIpc) is 3.81. The normalized spacial score (nSPS) is 20.6. The van der Waals surface area contributed by atoms with Gasteiger partial charge in [-0.2, -0.15) is 0 Å². The van der Waals surface area contributed by atoms with E-state index in [1.165, 1.54) is 0 Å². The first-order chi connectivity index (χ1) is 30.6. The molecule has 0 radical (unpaired) electrons. The van der Waals surface area contributed by atoms with E-state index in [1.54, 1.807) is 42.3 Å². The Hall–Kier alpha value is -6.65. The first-order valence-corrected chi connectivity index (χ1v) is 21.7. The molecule has 2 aromatic carbocycles. The van der Waals surface area contributed by atoms with E-state index in [4.69, 9.17) is 19.4 Å². The van der Waals surface area contributed by atoms with Gasteiger partial charge in [-0.05, 0) is 67.3 Å². The van der Waals surface area contributed by atoms with Crippen molar-refractivity contribution in [3.8, 4) is 22.5 Å². The molecule has 2 atom stereocenters. The van der Waals surface area contributed by atoms with Gasteiger partial charge in [0.25, 0.3) is 17.7 Å². The summed E-state index contributed by atoms with van der Waals surface area (Å²) >= 11 is 0. The summed E-state index contributed by atoms with van der Waals surface area (Å²) < 4.78 is 14.3. The van der Waals surface area contributed by atoms with E-state index in [-0.39, 0.29) is 48.5 Å². The number of likely N-dealkylation sites (tertiary alicyclic amines) is 1. The van der Waals surface area contributed by atoms with Crippen LogP contribution in [0.2, 0.25) is 0 Å². The molecular weight excluding hydrogens is 805 g/mol.